The lowest BCUT2D eigenvalue weighted by atomic mass is 9.71. The molecule has 0 aliphatic heterocycles. The standard InChI is InChI=1S/C72H80/c1-41(2)53-17-25-57(26-18-53)69-61-37-63(47(11)33-45(61)9)70(58-27-19-54(20-28-58)42(3)4)65-39-67(51(15)35-49(65)13)72(60-31-23-56(24-32-60)44(7)8)68-40-66(50(14)36-52(68)16)71(59-29-21-55(22-30-59)43(5)6)64-38-62(69)46(10)34-48(64)12/h17-44,69-72H,1-16H3. The molecule has 0 heteroatoms. The lowest BCUT2D eigenvalue weighted by Gasteiger charge is -2.32. The minimum atomic E-state index is 0.00768. The van der Waals surface area contributed by atoms with Crippen molar-refractivity contribution in [1.29, 1.82) is 0 Å². The second-order valence-electron chi connectivity index (χ2n) is 23.3. The molecule has 8 aromatic rings. The van der Waals surface area contributed by atoms with Crippen molar-refractivity contribution in [3.8, 4) is 0 Å². The van der Waals surface area contributed by atoms with Crippen LogP contribution in [0.1, 0.15) is 236 Å². The van der Waals surface area contributed by atoms with Gasteiger partial charge in [-0.3, -0.25) is 0 Å². The van der Waals surface area contributed by atoms with Crippen LogP contribution in [0.15, 0.2) is 146 Å². The van der Waals surface area contributed by atoms with E-state index < -0.39 is 0 Å². The summed E-state index contributed by atoms with van der Waals surface area (Å²) >= 11 is 0. The lowest BCUT2D eigenvalue weighted by molar-refractivity contribution is 0.850. The Balaban J connectivity index is 1.46. The van der Waals surface area contributed by atoms with E-state index in [1.165, 1.54) is 134 Å². The summed E-state index contributed by atoms with van der Waals surface area (Å²) in [6, 6.07) is 59.1. The SMILES string of the molecule is Cc1cc(C)c2cc1C(c1ccc(C(C)C)cc1)c1cc(c(C)cc1C)C(c1ccc(C(C)C)cc1)c1cc(c(C)cc1C)C(c1ccc(C(C)C)cc1)c1cc(c(C)cc1C)C2c1ccc(C(C)C)cc1. The van der Waals surface area contributed by atoms with Crippen molar-refractivity contribution in [3.05, 3.63) is 279 Å². The van der Waals surface area contributed by atoms with E-state index in [2.05, 4.69) is 256 Å². The minimum absolute atomic E-state index is 0.00768. The van der Waals surface area contributed by atoms with Crippen LogP contribution in [0.5, 0.6) is 0 Å². The van der Waals surface area contributed by atoms with Crippen LogP contribution in [-0.4, -0.2) is 0 Å². The van der Waals surface area contributed by atoms with E-state index in [1.54, 1.807) is 0 Å². The largest absolute Gasteiger partial charge is 0.0587 e. The maximum atomic E-state index is 2.64. The van der Waals surface area contributed by atoms with Crippen molar-refractivity contribution in [2.24, 2.45) is 0 Å². The van der Waals surface area contributed by atoms with Gasteiger partial charge < -0.3 is 0 Å². The van der Waals surface area contributed by atoms with Crippen LogP contribution in [-0.2, 0) is 0 Å². The second-order valence-corrected chi connectivity index (χ2v) is 23.3. The molecule has 0 saturated heterocycles. The topological polar surface area (TPSA) is 0 Å². The van der Waals surface area contributed by atoms with Gasteiger partial charge in [0, 0.05) is 23.7 Å². The first-order chi connectivity index (χ1) is 34.3. The van der Waals surface area contributed by atoms with E-state index in [9.17, 15) is 0 Å². The van der Waals surface area contributed by atoms with Crippen molar-refractivity contribution in [2.45, 2.75) is 158 Å². The molecule has 0 aromatic heterocycles. The molecule has 0 unspecified atom stereocenters. The number of aryl methyl sites for hydroxylation is 8. The Bertz CT molecular complexity index is 2700. The maximum Gasteiger partial charge on any atom is 0.0345 e. The molecular formula is C72H80. The second kappa shape index (κ2) is 20.3. The fraction of sp³-hybridized carbons (Fsp3) is 0.333. The molecular weight excluding hydrogens is 865 g/mol. The minimum Gasteiger partial charge on any atom is -0.0587 e. The number of hydrogen-bond donors (Lipinski definition) is 0. The van der Waals surface area contributed by atoms with Gasteiger partial charge in [0.2, 0.25) is 0 Å². The smallest absolute Gasteiger partial charge is 0.0345 e. The first kappa shape index (κ1) is 50.7. The van der Waals surface area contributed by atoms with Crippen LogP contribution in [0.4, 0.5) is 0 Å². The van der Waals surface area contributed by atoms with Gasteiger partial charge in [-0.05, 0) is 213 Å². The lowest BCUT2D eigenvalue weighted by Crippen LogP contribution is -2.16. The van der Waals surface area contributed by atoms with Crippen LogP contribution in [0.2, 0.25) is 0 Å². The molecule has 8 bridgehead atoms. The van der Waals surface area contributed by atoms with Crippen LogP contribution >= 0.6 is 0 Å². The zero-order valence-electron chi connectivity index (χ0n) is 46.5. The third-order valence-electron chi connectivity index (χ3n) is 16.9. The predicted molar refractivity (Wildman–Crippen MR) is 310 cm³/mol. The van der Waals surface area contributed by atoms with E-state index in [-0.39, 0.29) is 23.7 Å². The van der Waals surface area contributed by atoms with E-state index in [1.807, 2.05) is 0 Å². The first-order valence-corrected chi connectivity index (χ1v) is 27.1. The summed E-state index contributed by atoms with van der Waals surface area (Å²) in [7, 11) is 0. The van der Waals surface area contributed by atoms with Crippen molar-refractivity contribution in [2.75, 3.05) is 0 Å². The number of hydrogen-bond acceptors (Lipinski definition) is 0. The highest BCUT2D eigenvalue weighted by atomic mass is 14.4. The highest BCUT2D eigenvalue weighted by molar-refractivity contribution is 5.62. The molecule has 0 nitrogen and oxygen atoms in total. The Morgan fingerprint density at radius 1 is 0.208 bits per heavy atom. The van der Waals surface area contributed by atoms with Crippen LogP contribution in [0.25, 0.3) is 0 Å². The normalized spacial score (nSPS) is 16.8. The molecule has 0 fully saturated rings. The molecule has 1 aliphatic rings. The number of rotatable bonds is 8. The molecule has 0 N–H and O–H groups in total. The van der Waals surface area contributed by atoms with Crippen LogP contribution in [0, 0.1) is 55.4 Å². The van der Waals surface area contributed by atoms with E-state index in [0.29, 0.717) is 23.7 Å². The van der Waals surface area contributed by atoms with Crippen LogP contribution < -0.4 is 0 Å². The Hall–Kier alpha value is -6.24. The number of benzene rings is 8. The molecule has 0 heterocycles. The molecule has 72 heavy (non-hydrogen) atoms. The van der Waals surface area contributed by atoms with Gasteiger partial charge in [0.15, 0.2) is 0 Å². The molecule has 9 rings (SSSR count). The van der Waals surface area contributed by atoms with Crippen molar-refractivity contribution in [3.63, 3.8) is 0 Å². The first-order valence-electron chi connectivity index (χ1n) is 27.1. The molecule has 8 aromatic carbocycles. The van der Waals surface area contributed by atoms with Crippen molar-refractivity contribution >= 4 is 0 Å². The summed E-state index contributed by atoms with van der Waals surface area (Å²) in [6.45, 7) is 37.3. The highest BCUT2D eigenvalue weighted by Crippen LogP contribution is 2.48. The van der Waals surface area contributed by atoms with Crippen molar-refractivity contribution < 1.29 is 0 Å². The summed E-state index contributed by atoms with van der Waals surface area (Å²) in [5.74, 6) is 1.83. The summed E-state index contributed by atoms with van der Waals surface area (Å²) in [5.41, 5.74) is 32.5. The van der Waals surface area contributed by atoms with Gasteiger partial charge in [-0.1, -0.05) is 201 Å². The Labute approximate surface area is 435 Å². The Morgan fingerprint density at radius 2 is 0.347 bits per heavy atom. The zero-order chi connectivity index (χ0) is 51.4. The quantitative estimate of drug-likeness (QED) is 0.142. The summed E-state index contributed by atoms with van der Waals surface area (Å²) in [5, 5.41) is 0. The van der Waals surface area contributed by atoms with Gasteiger partial charge >= 0.3 is 0 Å². The van der Waals surface area contributed by atoms with Gasteiger partial charge in [0.05, 0.1) is 0 Å². The molecule has 0 atom stereocenters. The molecule has 0 spiro atoms. The van der Waals surface area contributed by atoms with Crippen LogP contribution in [0.3, 0.4) is 0 Å². The summed E-state index contributed by atoms with van der Waals surface area (Å²) in [4.78, 5) is 0. The maximum absolute atomic E-state index is 2.64. The number of fused-ring (bicyclic) bond motifs is 8. The molecule has 0 amide bonds. The average molecular weight is 945 g/mol. The third-order valence-corrected chi connectivity index (χ3v) is 16.9. The highest BCUT2D eigenvalue weighted by Gasteiger charge is 2.32. The van der Waals surface area contributed by atoms with Gasteiger partial charge in [0.1, 0.15) is 0 Å². The fourth-order valence-electron chi connectivity index (χ4n) is 12.4. The van der Waals surface area contributed by atoms with E-state index in [4.69, 9.17) is 0 Å². The summed E-state index contributed by atoms with van der Waals surface area (Å²) in [6.07, 6.45) is 0. The third kappa shape index (κ3) is 9.60. The fourth-order valence-corrected chi connectivity index (χ4v) is 12.4. The zero-order valence-corrected chi connectivity index (χ0v) is 46.5. The Morgan fingerprint density at radius 3 is 0.472 bits per heavy atom. The van der Waals surface area contributed by atoms with Gasteiger partial charge in [-0.15, -0.1) is 0 Å². The predicted octanol–water partition coefficient (Wildman–Crippen LogP) is 19.7. The van der Waals surface area contributed by atoms with E-state index >= 15 is 0 Å². The monoisotopic (exact) mass is 945 g/mol. The summed E-state index contributed by atoms with van der Waals surface area (Å²) < 4.78 is 0. The van der Waals surface area contributed by atoms with Crippen molar-refractivity contribution in [1.82, 2.24) is 0 Å². The molecule has 0 saturated carbocycles. The molecule has 368 valence electrons. The average Bonchev–Trinajstić information content (AvgIpc) is 3.34. The molecule has 0 radical (unpaired) electrons. The van der Waals surface area contributed by atoms with Gasteiger partial charge in [0.25, 0.3) is 0 Å². The molecule has 1 aliphatic carbocycles. The van der Waals surface area contributed by atoms with Gasteiger partial charge in [-0.2, -0.15) is 0 Å². The van der Waals surface area contributed by atoms with E-state index in [0.717, 1.165) is 0 Å². The van der Waals surface area contributed by atoms with Gasteiger partial charge in [-0.25, -0.2) is 0 Å². The Kier molecular flexibility index (Phi) is 14.3.